The summed E-state index contributed by atoms with van der Waals surface area (Å²) >= 11 is 0. The van der Waals surface area contributed by atoms with Crippen LogP contribution in [0.25, 0.3) is 0 Å². The Kier molecular flexibility index (Phi) is 3.88. The van der Waals surface area contributed by atoms with Crippen molar-refractivity contribution in [3.05, 3.63) is 29.3 Å². The van der Waals surface area contributed by atoms with E-state index in [1.54, 1.807) is 19.1 Å². The van der Waals surface area contributed by atoms with Crippen molar-refractivity contribution in [3.63, 3.8) is 0 Å². The van der Waals surface area contributed by atoms with E-state index in [0.717, 1.165) is 0 Å². The lowest BCUT2D eigenvalue weighted by Gasteiger charge is -2.07. The van der Waals surface area contributed by atoms with Crippen LogP contribution in [0.5, 0.6) is 5.75 Å². The minimum Gasteiger partial charge on any atom is -0.484 e. The van der Waals surface area contributed by atoms with Crippen LogP contribution in [0.4, 0.5) is 0 Å². The number of aryl methyl sites for hydroxylation is 1. The van der Waals surface area contributed by atoms with E-state index in [0.29, 0.717) is 11.3 Å². The molecule has 0 heterocycles. The minimum absolute atomic E-state index is 0.126. The number of carbonyl (C=O) groups is 2. The molecule has 0 fully saturated rings. The highest BCUT2D eigenvalue weighted by Crippen LogP contribution is 2.17. The average Bonchev–Trinajstić information content (AvgIpc) is 2.27. The smallest absolute Gasteiger partial charge is 0.336 e. The van der Waals surface area contributed by atoms with Gasteiger partial charge in [-0.3, -0.25) is 4.79 Å². The largest absolute Gasteiger partial charge is 0.484 e. The molecule has 5 nitrogen and oxygen atoms in total. The zero-order valence-corrected chi connectivity index (χ0v) is 9.11. The Labute approximate surface area is 93.0 Å². The topological polar surface area (TPSA) is 75.6 Å². The maximum atomic E-state index is 10.9. The molecule has 5 heteroatoms. The summed E-state index contributed by atoms with van der Waals surface area (Å²) in [5, 5.41) is 11.3. The SMILES string of the molecule is CNC(=O)COc1ccc(C)c(C(=O)O)c1. The first-order valence-electron chi connectivity index (χ1n) is 4.72. The van der Waals surface area contributed by atoms with E-state index in [-0.39, 0.29) is 18.1 Å². The molecule has 2 N–H and O–H groups in total. The van der Waals surface area contributed by atoms with Crippen molar-refractivity contribution in [2.45, 2.75) is 6.92 Å². The molecule has 16 heavy (non-hydrogen) atoms. The number of nitrogens with one attached hydrogen (secondary N) is 1. The quantitative estimate of drug-likeness (QED) is 0.792. The van der Waals surface area contributed by atoms with Gasteiger partial charge in [-0.2, -0.15) is 0 Å². The van der Waals surface area contributed by atoms with Crippen LogP contribution in [0, 0.1) is 6.92 Å². The van der Waals surface area contributed by atoms with Crippen LogP contribution in [-0.4, -0.2) is 30.6 Å². The predicted molar refractivity (Wildman–Crippen MR) is 57.7 cm³/mol. The molecule has 0 aromatic heterocycles. The van der Waals surface area contributed by atoms with Gasteiger partial charge in [0, 0.05) is 7.05 Å². The van der Waals surface area contributed by atoms with E-state index in [9.17, 15) is 9.59 Å². The molecule has 0 atom stereocenters. The molecule has 0 saturated heterocycles. The lowest BCUT2D eigenvalue weighted by Crippen LogP contribution is -2.24. The van der Waals surface area contributed by atoms with Gasteiger partial charge in [-0.15, -0.1) is 0 Å². The van der Waals surface area contributed by atoms with Crippen molar-refractivity contribution in [2.75, 3.05) is 13.7 Å². The Morgan fingerprint density at radius 1 is 1.44 bits per heavy atom. The maximum absolute atomic E-state index is 10.9. The highest BCUT2D eigenvalue weighted by Gasteiger charge is 2.09. The molecule has 0 bridgehead atoms. The molecule has 0 radical (unpaired) electrons. The Bertz CT molecular complexity index is 414. The summed E-state index contributed by atoms with van der Waals surface area (Å²) in [7, 11) is 1.50. The molecule has 0 aliphatic rings. The van der Waals surface area contributed by atoms with E-state index in [1.807, 2.05) is 0 Å². The summed E-state index contributed by atoms with van der Waals surface area (Å²) < 4.78 is 5.13. The normalized spacial score (nSPS) is 9.62. The molecular weight excluding hydrogens is 210 g/mol. The molecule has 0 spiro atoms. The summed E-state index contributed by atoms with van der Waals surface area (Å²) in [5.74, 6) is -0.910. The van der Waals surface area contributed by atoms with E-state index < -0.39 is 5.97 Å². The first-order chi connectivity index (χ1) is 7.54. The van der Waals surface area contributed by atoms with E-state index in [1.165, 1.54) is 13.1 Å². The van der Waals surface area contributed by atoms with E-state index >= 15 is 0 Å². The second-order valence-electron chi connectivity index (χ2n) is 3.24. The number of amides is 1. The minimum atomic E-state index is -1.01. The number of rotatable bonds is 4. The fraction of sp³-hybridized carbons (Fsp3) is 0.273. The Morgan fingerprint density at radius 3 is 2.69 bits per heavy atom. The summed E-state index contributed by atoms with van der Waals surface area (Å²) in [6.07, 6.45) is 0. The number of ether oxygens (including phenoxy) is 1. The zero-order chi connectivity index (χ0) is 12.1. The molecule has 1 amide bonds. The predicted octanol–water partition coefficient (Wildman–Crippen LogP) is 0.818. The van der Waals surface area contributed by atoms with Crippen molar-refractivity contribution in [1.29, 1.82) is 0 Å². The Hall–Kier alpha value is -2.04. The van der Waals surface area contributed by atoms with Crippen LogP contribution in [0.15, 0.2) is 18.2 Å². The Morgan fingerprint density at radius 2 is 2.12 bits per heavy atom. The molecule has 0 unspecified atom stereocenters. The zero-order valence-electron chi connectivity index (χ0n) is 9.11. The van der Waals surface area contributed by atoms with E-state index in [2.05, 4.69) is 5.32 Å². The Balaban J connectivity index is 2.79. The third-order valence-corrected chi connectivity index (χ3v) is 2.09. The number of benzene rings is 1. The summed E-state index contributed by atoms with van der Waals surface area (Å²) in [6, 6.07) is 4.67. The summed E-state index contributed by atoms with van der Waals surface area (Å²) in [5.41, 5.74) is 0.828. The van der Waals surface area contributed by atoms with Gasteiger partial charge in [0.05, 0.1) is 5.56 Å². The molecule has 0 saturated carbocycles. The van der Waals surface area contributed by atoms with Crippen LogP contribution in [0.2, 0.25) is 0 Å². The first-order valence-corrected chi connectivity index (χ1v) is 4.72. The molecule has 1 aromatic rings. The number of hydrogen-bond donors (Lipinski definition) is 2. The van der Waals surface area contributed by atoms with Gasteiger partial charge >= 0.3 is 5.97 Å². The van der Waals surface area contributed by atoms with Crippen molar-refractivity contribution in [2.24, 2.45) is 0 Å². The number of carbonyl (C=O) groups excluding carboxylic acids is 1. The van der Waals surface area contributed by atoms with Crippen molar-refractivity contribution < 1.29 is 19.4 Å². The number of likely N-dealkylation sites (N-methyl/N-ethyl adjacent to an activating group) is 1. The number of aromatic carboxylic acids is 1. The fourth-order valence-corrected chi connectivity index (χ4v) is 1.14. The monoisotopic (exact) mass is 223 g/mol. The third-order valence-electron chi connectivity index (χ3n) is 2.09. The van der Waals surface area contributed by atoms with Crippen LogP contribution < -0.4 is 10.1 Å². The van der Waals surface area contributed by atoms with Gasteiger partial charge in [0.1, 0.15) is 5.75 Å². The van der Waals surface area contributed by atoms with Crippen LogP contribution >= 0.6 is 0 Å². The van der Waals surface area contributed by atoms with Crippen molar-refractivity contribution >= 4 is 11.9 Å². The van der Waals surface area contributed by atoms with Gasteiger partial charge in [-0.25, -0.2) is 4.79 Å². The van der Waals surface area contributed by atoms with Gasteiger partial charge in [-0.05, 0) is 24.6 Å². The van der Waals surface area contributed by atoms with Crippen molar-refractivity contribution in [3.8, 4) is 5.75 Å². The second-order valence-corrected chi connectivity index (χ2v) is 3.24. The summed E-state index contributed by atoms with van der Waals surface area (Å²) in [4.78, 5) is 21.8. The average molecular weight is 223 g/mol. The van der Waals surface area contributed by atoms with Crippen LogP contribution in [0.1, 0.15) is 15.9 Å². The molecule has 86 valence electrons. The number of carboxylic acids is 1. The summed E-state index contributed by atoms with van der Waals surface area (Å²) in [6.45, 7) is 1.57. The fourth-order valence-electron chi connectivity index (χ4n) is 1.14. The first kappa shape index (κ1) is 12.0. The van der Waals surface area contributed by atoms with E-state index in [4.69, 9.17) is 9.84 Å². The lowest BCUT2D eigenvalue weighted by atomic mass is 10.1. The maximum Gasteiger partial charge on any atom is 0.336 e. The van der Waals surface area contributed by atoms with Gasteiger partial charge < -0.3 is 15.2 Å². The van der Waals surface area contributed by atoms with Crippen LogP contribution in [0.3, 0.4) is 0 Å². The second kappa shape index (κ2) is 5.16. The van der Waals surface area contributed by atoms with Crippen LogP contribution in [-0.2, 0) is 4.79 Å². The van der Waals surface area contributed by atoms with Gasteiger partial charge in [0.25, 0.3) is 5.91 Å². The standard InChI is InChI=1S/C11H13NO4/c1-7-3-4-8(5-9(7)11(14)15)16-6-10(13)12-2/h3-5H,6H2,1-2H3,(H,12,13)(H,14,15). The van der Waals surface area contributed by atoms with Crippen molar-refractivity contribution in [1.82, 2.24) is 5.32 Å². The molecule has 1 aromatic carbocycles. The number of carboxylic acid groups (broad SMARTS) is 1. The molecule has 0 aliphatic carbocycles. The third kappa shape index (κ3) is 2.98. The molecular formula is C11H13NO4. The highest BCUT2D eigenvalue weighted by atomic mass is 16.5. The molecule has 1 rings (SSSR count). The lowest BCUT2D eigenvalue weighted by molar-refractivity contribution is -0.122. The van der Waals surface area contributed by atoms with Gasteiger partial charge in [-0.1, -0.05) is 6.07 Å². The van der Waals surface area contributed by atoms with Gasteiger partial charge in [0.2, 0.25) is 0 Å². The highest BCUT2D eigenvalue weighted by molar-refractivity contribution is 5.89. The number of hydrogen-bond acceptors (Lipinski definition) is 3. The molecule has 0 aliphatic heterocycles. The van der Waals surface area contributed by atoms with Gasteiger partial charge in [0.15, 0.2) is 6.61 Å².